The molecule has 1 fully saturated rings. The van der Waals surface area contributed by atoms with E-state index < -0.39 is 0 Å². The first kappa shape index (κ1) is 26.4. The van der Waals surface area contributed by atoms with Crippen LogP contribution in [0.15, 0.2) is 78.4 Å². The van der Waals surface area contributed by atoms with Crippen LogP contribution in [0.3, 0.4) is 0 Å². The molecule has 2 atom stereocenters. The fourth-order valence-electron chi connectivity index (χ4n) is 7.02. The second-order valence-corrected chi connectivity index (χ2v) is 10.7. The zero-order valence-electron chi connectivity index (χ0n) is 24.1. The molecule has 0 spiro atoms. The Balaban J connectivity index is 1.57. The molecule has 1 aliphatic carbocycles. The molecule has 3 heteroatoms. The quantitative estimate of drug-likeness (QED) is 0.288. The lowest BCUT2D eigenvalue weighted by molar-refractivity contribution is 0.448. The summed E-state index contributed by atoms with van der Waals surface area (Å²) in [6.07, 6.45) is 3.53. The molecular weight excluding hydrogens is 462 g/mol. The summed E-state index contributed by atoms with van der Waals surface area (Å²) in [6, 6.07) is 28.5. The Labute approximate surface area is 230 Å². The van der Waals surface area contributed by atoms with E-state index in [4.69, 9.17) is 0 Å². The Morgan fingerprint density at radius 3 is 1.74 bits per heavy atom. The standard InChI is InChI=1S/C35H45N3/c1-6-36(7-2)29-20-15-26(16-21-29)35(27-17-22-30(23-18-27)37(8-3)9-4)28-19-24-34-32(25-28)31-13-11-12-14-33(31)38(34)10-5/h11-18,20-23,32,34H,6-10,19,24-25H2,1-5H3. The molecule has 3 aromatic carbocycles. The molecule has 0 aromatic heterocycles. The zero-order valence-corrected chi connectivity index (χ0v) is 24.1. The van der Waals surface area contributed by atoms with E-state index in [-0.39, 0.29) is 0 Å². The van der Waals surface area contributed by atoms with Crippen LogP contribution in [0.2, 0.25) is 0 Å². The molecule has 0 N–H and O–H groups in total. The van der Waals surface area contributed by atoms with Crippen LogP contribution in [-0.2, 0) is 0 Å². The number of allylic oxidation sites excluding steroid dienone is 1. The number of para-hydroxylation sites is 1. The van der Waals surface area contributed by atoms with E-state index in [1.54, 1.807) is 11.1 Å². The summed E-state index contributed by atoms with van der Waals surface area (Å²) in [7, 11) is 0. The predicted octanol–water partition coefficient (Wildman–Crippen LogP) is 8.36. The Bertz CT molecular complexity index is 1180. The summed E-state index contributed by atoms with van der Waals surface area (Å²) in [5, 5.41) is 0. The van der Waals surface area contributed by atoms with Crippen molar-refractivity contribution in [2.24, 2.45) is 0 Å². The Hall–Kier alpha value is -3.20. The molecule has 1 aliphatic heterocycles. The highest BCUT2D eigenvalue weighted by atomic mass is 15.2. The average Bonchev–Trinajstić information content (AvgIpc) is 3.29. The van der Waals surface area contributed by atoms with Gasteiger partial charge in [-0.15, -0.1) is 0 Å². The summed E-state index contributed by atoms with van der Waals surface area (Å²) in [5.74, 6) is 0.579. The molecule has 0 amide bonds. The highest BCUT2D eigenvalue weighted by Crippen LogP contribution is 2.50. The number of likely N-dealkylation sites (N-methyl/N-ethyl adjacent to an activating group) is 1. The number of benzene rings is 3. The number of fused-ring (bicyclic) bond motifs is 3. The van der Waals surface area contributed by atoms with Crippen LogP contribution in [0.1, 0.15) is 76.5 Å². The van der Waals surface area contributed by atoms with Crippen molar-refractivity contribution in [2.45, 2.75) is 65.8 Å². The van der Waals surface area contributed by atoms with Crippen molar-refractivity contribution in [3.8, 4) is 0 Å². The zero-order chi connectivity index (χ0) is 26.6. The van der Waals surface area contributed by atoms with Crippen molar-refractivity contribution in [3.05, 3.63) is 95.1 Å². The smallest absolute Gasteiger partial charge is 0.0405 e. The Kier molecular flexibility index (Phi) is 8.12. The minimum Gasteiger partial charge on any atom is -0.372 e. The fourth-order valence-corrected chi connectivity index (χ4v) is 7.02. The molecule has 38 heavy (non-hydrogen) atoms. The SMILES string of the molecule is CCN(CC)c1ccc(C(=C2CCC3C(C2)c2ccccc2N3CC)c2ccc(N(CC)CC)cc2)cc1. The van der Waals surface area contributed by atoms with E-state index in [2.05, 4.69) is 122 Å². The first-order valence-electron chi connectivity index (χ1n) is 14.9. The molecule has 5 rings (SSSR count). The third kappa shape index (κ3) is 4.84. The van der Waals surface area contributed by atoms with Gasteiger partial charge in [0.15, 0.2) is 0 Å². The molecule has 3 nitrogen and oxygen atoms in total. The van der Waals surface area contributed by atoms with Crippen molar-refractivity contribution in [2.75, 3.05) is 47.4 Å². The molecule has 1 heterocycles. The minimum atomic E-state index is 0.579. The van der Waals surface area contributed by atoms with Gasteiger partial charge in [0, 0.05) is 61.7 Å². The molecule has 2 aliphatic rings. The summed E-state index contributed by atoms with van der Waals surface area (Å²) in [5.41, 5.74) is 11.4. The average molecular weight is 508 g/mol. The third-order valence-corrected chi connectivity index (χ3v) is 8.98. The second kappa shape index (κ2) is 11.7. The monoisotopic (exact) mass is 507 g/mol. The molecule has 200 valence electrons. The summed E-state index contributed by atoms with van der Waals surface area (Å²) < 4.78 is 0. The van der Waals surface area contributed by atoms with Gasteiger partial charge in [0.05, 0.1) is 0 Å². The molecule has 1 saturated carbocycles. The predicted molar refractivity (Wildman–Crippen MR) is 166 cm³/mol. The molecule has 0 saturated heterocycles. The van der Waals surface area contributed by atoms with Gasteiger partial charge in [0.2, 0.25) is 0 Å². The van der Waals surface area contributed by atoms with E-state index in [0.717, 1.165) is 45.6 Å². The third-order valence-electron chi connectivity index (χ3n) is 8.98. The maximum Gasteiger partial charge on any atom is 0.0405 e. The Morgan fingerprint density at radius 1 is 0.711 bits per heavy atom. The number of nitrogens with zero attached hydrogens (tertiary/aromatic N) is 3. The second-order valence-electron chi connectivity index (χ2n) is 10.7. The molecule has 3 aromatic rings. The number of rotatable bonds is 9. The van der Waals surface area contributed by atoms with E-state index in [0.29, 0.717) is 12.0 Å². The number of anilines is 3. The van der Waals surface area contributed by atoms with E-state index in [9.17, 15) is 0 Å². The lowest BCUT2D eigenvalue weighted by Crippen LogP contribution is -2.36. The maximum absolute atomic E-state index is 2.66. The largest absolute Gasteiger partial charge is 0.372 e. The first-order valence-corrected chi connectivity index (χ1v) is 14.9. The summed E-state index contributed by atoms with van der Waals surface area (Å²) >= 11 is 0. The first-order chi connectivity index (χ1) is 18.6. The van der Waals surface area contributed by atoms with Crippen LogP contribution in [0, 0.1) is 0 Å². The Morgan fingerprint density at radius 2 is 1.24 bits per heavy atom. The van der Waals surface area contributed by atoms with Gasteiger partial charge in [0.25, 0.3) is 0 Å². The van der Waals surface area contributed by atoms with E-state index in [1.165, 1.54) is 40.2 Å². The van der Waals surface area contributed by atoms with Crippen LogP contribution in [-0.4, -0.2) is 38.8 Å². The van der Waals surface area contributed by atoms with Gasteiger partial charge >= 0.3 is 0 Å². The topological polar surface area (TPSA) is 9.72 Å². The lowest BCUT2D eigenvalue weighted by Gasteiger charge is -2.35. The van der Waals surface area contributed by atoms with Crippen molar-refractivity contribution in [3.63, 3.8) is 0 Å². The summed E-state index contributed by atoms with van der Waals surface area (Å²) in [6.45, 7) is 16.5. The highest BCUT2D eigenvalue weighted by molar-refractivity contribution is 5.84. The number of hydrogen-bond acceptors (Lipinski definition) is 3. The summed E-state index contributed by atoms with van der Waals surface area (Å²) in [4.78, 5) is 7.51. The fraction of sp³-hybridized carbons (Fsp3) is 0.429. The lowest BCUT2D eigenvalue weighted by atomic mass is 9.76. The van der Waals surface area contributed by atoms with Crippen molar-refractivity contribution in [1.29, 1.82) is 0 Å². The van der Waals surface area contributed by atoms with E-state index in [1.807, 2.05) is 0 Å². The van der Waals surface area contributed by atoms with Crippen molar-refractivity contribution >= 4 is 22.6 Å². The molecule has 0 bridgehead atoms. The van der Waals surface area contributed by atoms with Crippen molar-refractivity contribution < 1.29 is 0 Å². The van der Waals surface area contributed by atoms with Crippen LogP contribution >= 0.6 is 0 Å². The molecule has 0 radical (unpaired) electrons. The minimum absolute atomic E-state index is 0.579. The number of hydrogen-bond donors (Lipinski definition) is 0. The van der Waals surface area contributed by atoms with Crippen molar-refractivity contribution in [1.82, 2.24) is 0 Å². The van der Waals surface area contributed by atoms with Crippen LogP contribution < -0.4 is 14.7 Å². The van der Waals surface area contributed by atoms with Gasteiger partial charge < -0.3 is 14.7 Å². The van der Waals surface area contributed by atoms with Gasteiger partial charge in [-0.2, -0.15) is 0 Å². The van der Waals surface area contributed by atoms with Gasteiger partial charge in [-0.3, -0.25) is 0 Å². The van der Waals surface area contributed by atoms with Gasteiger partial charge in [0.1, 0.15) is 0 Å². The maximum atomic E-state index is 2.66. The van der Waals surface area contributed by atoms with Crippen LogP contribution in [0.5, 0.6) is 0 Å². The van der Waals surface area contributed by atoms with Gasteiger partial charge in [-0.25, -0.2) is 0 Å². The normalized spacial score (nSPS) is 18.2. The van der Waals surface area contributed by atoms with Crippen LogP contribution in [0.4, 0.5) is 17.1 Å². The van der Waals surface area contributed by atoms with Gasteiger partial charge in [-0.1, -0.05) is 48.0 Å². The molecular formula is C35H45N3. The highest BCUT2D eigenvalue weighted by Gasteiger charge is 2.40. The van der Waals surface area contributed by atoms with Gasteiger partial charge in [-0.05, 0) is 106 Å². The van der Waals surface area contributed by atoms with Crippen LogP contribution in [0.25, 0.3) is 5.57 Å². The van der Waals surface area contributed by atoms with E-state index >= 15 is 0 Å². The molecule has 2 unspecified atom stereocenters.